The lowest BCUT2D eigenvalue weighted by molar-refractivity contribution is -0.115. The molecule has 0 radical (unpaired) electrons. The smallest absolute Gasteiger partial charge is 0.228 e. The number of carbonyl (C=O) groups excluding carboxylic acids is 1. The first kappa shape index (κ1) is 16.3. The second-order valence-corrected chi connectivity index (χ2v) is 6.37. The Morgan fingerprint density at radius 2 is 1.92 bits per heavy atom. The molecule has 0 bridgehead atoms. The number of aryl methyl sites for hydroxylation is 1. The van der Waals surface area contributed by atoms with E-state index in [1.54, 1.807) is 0 Å². The van der Waals surface area contributed by atoms with Crippen molar-refractivity contribution in [2.45, 2.75) is 20.0 Å². The van der Waals surface area contributed by atoms with Crippen molar-refractivity contribution in [3.63, 3.8) is 0 Å². The van der Waals surface area contributed by atoms with E-state index in [9.17, 15) is 9.90 Å². The third kappa shape index (κ3) is 2.93. The number of pyridine rings is 1. The predicted octanol–water partition coefficient (Wildman–Crippen LogP) is 3.70. The predicted molar refractivity (Wildman–Crippen MR) is 103 cm³/mol. The summed E-state index contributed by atoms with van der Waals surface area (Å²) >= 11 is 0. The van der Waals surface area contributed by atoms with Gasteiger partial charge in [-0.15, -0.1) is 0 Å². The number of aliphatic hydroxyl groups is 1. The second kappa shape index (κ2) is 6.61. The molecule has 0 aliphatic heterocycles. The van der Waals surface area contributed by atoms with Crippen LogP contribution in [-0.2, 0) is 17.8 Å². The number of nitrogens with one attached hydrogen (secondary N) is 2. The van der Waals surface area contributed by atoms with E-state index < -0.39 is 0 Å². The second-order valence-electron chi connectivity index (χ2n) is 6.37. The number of carbonyl (C=O) groups is 1. The lowest BCUT2D eigenvalue weighted by atomic mass is 10.1. The average molecular weight is 345 g/mol. The fraction of sp³-hybridized carbons (Fsp3) is 0.143. The molecule has 130 valence electrons. The molecule has 2 heterocycles. The quantitative estimate of drug-likeness (QED) is 0.528. The fourth-order valence-electron chi connectivity index (χ4n) is 3.34. The van der Waals surface area contributed by atoms with E-state index in [1.807, 2.05) is 61.7 Å². The van der Waals surface area contributed by atoms with Gasteiger partial charge in [-0.05, 0) is 36.2 Å². The number of amides is 1. The van der Waals surface area contributed by atoms with Crippen molar-refractivity contribution in [2.24, 2.45) is 0 Å². The van der Waals surface area contributed by atoms with E-state index in [0.717, 1.165) is 33.1 Å². The monoisotopic (exact) mass is 345 g/mol. The number of rotatable bonds is 4. The fourth-order valence-corrected chi connectivity index (χ4v) is 3.34. The van der Waals surface area contributed by atoms with Crippen molar-refractivity contribution in [1.29, 1.82) is 0 Å². The van der Waals surface area contributed by atoms with E-state index in [1.165, 1.54) is 0 Å². The highest BCUT2D eigenvalue weighted by Gasteiger charge is 2.12. The number of benzene rings is 2. The first-order valence-corrected chi connectivity index (χ1v) is 8.50. The van der Waals surface area contributed by atoms with E-state index in [4.69, 9.17) is 0 Å². The minimum atomic E-state index is -0.101. The number of nitrogens with zero attached hydrogens (tertiary/aromatic N) is 1. The zero-order valence-electron chi connectivity index (χ0n) is 14.4. The molecule has 0 fully saturated rings. The summed E-state index contributed by atoms with van der Waals surface area (Å²) in [5, 5.41) is 14.5. The van der Waals surface area contributed by atoms with Crippen LogP contribution in [0, 0.1) is 6.92 Å². The molecule has 0 aliphatic rings. The van der Waals surface area contributed by atoms with Crippen LogP contribution < -0.4 is 5.32 Å². The van der Waals surface area contributed by atoms with E-state index in [0.29, 0.717) is 11.2 Å². The summed E-state index contributed by atoms with van der Waals surface area (Å²) in [5.74, 6) is -0.101. The normalized spacial score (nSPS) is 11.2. The summed E-state index contributed by atoms with van der Waals surface area (Å²) in [7, 11) is 0. The van der Waals surface area contributed by atoms with Crippen LogP contribution in [0.4, 0.5) is 5.69 Å². The largest absolute Gasteiger partial charge is 0.392 e. The Kier molecular flexibility index (Phi) is 4.14. The maximum absolute atomic E-state index is 12.6. The van der Waals surface area contributed by atoms with Gasteiger partial charge in [-0.25, -0.2) is 0 Å². The summed E-state index contributed by atoms with van der Waals surface area (Å²) < 4.78 is 0. The Balaban J connectivity index is 1.64. The van der Waals surface area contributed by atoms with Gasteiger partial charge >= 0.3 is 0 Å². The van der Waals surface area contributed by atoms with Gasteiger partial charge in [0.2, 0.25) is 5.91 Å². The molecule has 0 saturated carbocycles. The molecule has 4 aromatic rings. The summed E-state index contributed by atoms with van der Waals surface area (Å²) in [4.78, 5) is 20.3. The molecule has 0 aliphatic carbocycles. The number of aromatic nitrogens is 2. The first-order valence-electron chi connectivity index (χ1n) is 8.50. The van der Waals surface area contributed by atoms with Crippen LogP contribution in [-0.4, -0.2) is 21.0 Å². The van der Waals surface area contributed by atoms with Gasteiger partial charge in [0.25, 0.3) is 0 Å². The van der Waals surface area contributed by atoms with Crippen LogP contribution >= 0.6 is 0 Å². The van der Waals surface area contributed by atoms with Gasteiger partial charge in [0.15, 0.2) is 0 Å². The van der Waals surface area contributed by atoms with Crippen molar-refractivity contribution in [3.05, 3.63) is 71.5 Å². The number of fused-ring (bicyclic) bond motifs is 2. The summed E-state index contributed by atoms with van der Waals surface area (Å²) in [6.07, 6.45) is 2.15. The van der Waals surface area contributed by atoms with Gasteiger partial charge in [-0.3, -0.25) is 9.78 Å². The molecule has 2 aromatic heterocycles. The molecular weight excluding hydrogens is 326 g/mol. The van der Waals surface area contributed by atoms with Crippen molar-refractivity contribution in [3.8, 4) is 0 Å². The third-order valence-electron chi connectivity index (χ3n) is 4.52. The van der Waals surface area contributed by atoms with Gasteiger partial charge in [0.05, 0.1) is 24.2 Å². The summed E-state index contributed by atoms with van der Waals surface area (Å²) in [6.45, 7) is 1.82. The number of aromatic amines is 1. The summed E-state index contributed by atoms with van der Waals surface area (Å²) in [6, 6.07) is 15.4. The maximum atomic E-state index is 12.6. The number of hydrogen-bond donors (Lipinski definition) is 3. The highest BCUT2D eigenvalue weighted by molar-refractivity contribution is 6.02. The zero-order valence-corrected chi connectivity index (χ0v) is 14.4. The standard InChI is InChI=1S/C21H19N3O2/c1-13-9-15(12-25)17-6-4-8-19(21(17)23-13)24-20(26)10-14-11-22-18-7-3-2-5-16(14)18/h2-9,11,22,25H,10,12H2,1H3,(H,24,26). The third-order valence-corrected chi connectivity index (χ3v) is 4.52. The van der Waals surface area contributed by atoms with Crippen LogP contribution in [0.5, 0.6) is 0 Å². The van der Waals surface area contributed by atoms with Crippen molar-refractivity contribution in [2.75, 3.05) is 5.32 Å². The highest BCUT2D eigenvalue weighted by atomic mass is 16.3. The molecule has 3 N–H and O–H groups in total. The van der Waals surface area contributed by atoms with Gasteiger partial charge in [-0.2, -0.15) is 0 Å². The molecule has 4 rings (SSSR count). The minimum absolute atomic E-state index is 0.0629. The van der Waals surface area contributed by atoms with E-state index in [2.05, 4.69) is 15.3 Å². The molecule has 2 aromatic carbocycles. The van der Waals surface area contributed by atoms with Crippen LogP contribution in [0.2, 0.25) is 0 Å². The minimum Gasteiger partial charge on any atom is -0.392 e. The van der Waals surface area contributed by atoms with Crippen molar-refractivity contribution >= 4 is 33.4 Å². The molecule has 0 saturated heterocycles. The van der Waals surface area contributed by atoms with Crippen LogP contribution in [0.25, 0.3) is 21.8 Å². The van der Waals surface area contributed by atoms with Crippen LogP contribution in [0.3, 0.4) is 0 Å². The number of H-pyrrole nitrogens is 1. The zero-order chi connectivity index (χ0) is 18.1. The Morgan fingerprint density at radius 1 is 1.12 bits per heavy atom. The van der Waals surface area contributed by atoms with Crippen molar-refractivity contribution < 1.29 is 9.90 Å². The number of aliphatic hydroxyl groups excluding tert-OH is 1. The van der Waals surface area contributed by atoms with Gasteiger partial charge in [-0.1, -0.05) is 30.3 Å². The Bertz CT molecular complexity index is 1110. The lowest BCUT2D eigenvalue weighted by Gasteiger charge is -2.11. The summed E-state index contributed by atoms with van der Waals surface area (Å²) in [5.41, 5.74) is 4.94. The van der Waals surface area contributed by atoms with E-state index in [-0.39, 0.29) is 18.9 Å². The van der Waals surface area contributed by atoms with Crippen LogP contribution in [0.15, 0.2) is 54.7 Å². The number of hydrogen-bond acceptors (Lipinski definition) is 3. The van der Waals surface area contributed by atoms with Gasteiger partial charge < -0.3 is 15.4 Å². The first-order chi connectivity index (χ1) is 12.7. The van der Waals surface area contributed by atoms with E-state index >= 15 is 0 Å². The molecule has 0 unspecified atom stereocenters. The molecule has 1 amide bonds. The average Bonchev–Trinajstić information content (AvgIpc) is 3.04. The number of anilines is 1. The molecule has 5 heteroatoms. The highest BCUT2D eigenvalue weighted by Crippen LogP contribution is 2.26. The topological polar surface area (TPSA) is 78.0 Å². The molecule has 0 spiro atoms. The molecular formula is C21H19N3O2. The Labute approximate surface area is 150 Å². The molecule has 5 nitrogen and oxygen atoms in total. The maximum Gasteiger partial charge on any atom is 0.228 e. The van der Waals surface area contributed by atoms with Gasteiger partial charge in [0, 0.05) is 28.2 Å². The SMILES string of the molecule is Cc1cc(CO)c2cccc(NC(=O)Cc3c[nH]c4ccccc34)c2n1. The van der Waals surface area contributed by atoms with Crippen molar-refractivity contribution in [1.82, 2.24) is 9.97 Å². The Hall–Kier alpha value is -3.18. The Morgan fingerprint density at radius 3 is 2.77 bits per heavy atom. The number of para-hydroxylation sites is 2. The lowest BCUT2D eigenvalue weighted by Crippen LogP contribution is -2.15. The molecule has 0 atom stereocenters. The van der Waals surface area contributed by atoms with Crippen LogP contribution in [0.1, 0.15) is 16.8 Å². The molecule has 26 heavy (non-hydrogen) atoms. The van der Waals surface area contributed by atoms with Gasteiger partial charge in [0.1, 0.15) is 0 Å².